The Morgan fingerprint density at radius 3 is 1.22 bits per heavy atom. The third-order valence-electron chi connectivity index (χ3n) is 6.57. The van der Waals surface area contributed by atoms with E-state index in [4.69, 9.17) is 0 Å². The van der Waals surface area contributed by atoms with E-state index in [2.05, 4.69) is 47.3 Å². The molecule has 1 saturated carbocycles. The quantitative estimate of drug-likeness (QED) is 0.784. The third-order valence-corrected chi connectivity index (χ3v) is 6.57. The fourth-order valence-corrected chi connectivity index (χ4v) is 4.84. The predicted molar refractivity (Wildman–Crippen MR) is 98.0 cm³/mol. The van der Waals surface area contributed by atoms with E-state index >= 15 is 0 Å². The lowest BCUT2D eigenvalue weighted by atomic mass is 10.1. The van der Waals surface area contributed by atoms with Crippen LogP contribution in [-0.2, 0) is 0 Å². The van der Waals surface area contributed by atoms with Gasteiger partial charge in [0.25, 0.3) is 0 Å². The molecule has 134 valence electrons. The summed E-state index contributed by atoms with van der Waals surface area (Å²) in [7, 11) is 0. The lowest BCUT2D eigenvalue weighted by Gasteiger charge is -2.41. The first-order chi connectivity index (χ1) is 11.0. The molecule has 0 aromatic carbocycles. The van der Waals surface area contributed by atoms with Gasteiger partial charge in [-0.15, -0.1) is 0 Å². The molecule has 4 heteroatoms. The van der Waals surface area contributed by atoms with Gasteiger partial charge < -0.3 is 0 Å². The molecule has 2 atom stereocenters. The molecule has 3 rings (SSSR count). The molecule has 2 heterocycles. The predicted octanol–water partition coefficient (Wildman–Crippen LogP) is 1.96. The fraction of sp³-hybridized carbons (Fsp3) is 1.00. The van der Waals surface area contributed by atoms with E-state index in [0.717, 1.165) is 12.1 Å². The van der Waals surface area contributed by atoms with Crippen molar-refractivity contribution in [1.29, 1.82) is 0 Å². The molecule has 3 fully saturated rings. The van der Waals surface area contributed by atoms with Crippen LogP contribution in [0.15, 0.2) is 0 Å². The van der Waals surface area contributed by atoms with E-state index in [0.29, 0.717) is 12.1 Å². The minimum atomic E-state index is 0.714. The van der Waals surface area contributed by atoms with Crippen molar-refractivity contribution < 1.29 is 0 Å². The lowest BCUT2D eigenvalue weighted by Crippen LogP contribution is -2.53. The molecule has 1 aliphatic carbocycles. The maximum absolute atomic E-state index is 2.79. The molecule has 2 aliphatic heterocycles. The Balaban J connectivity index is 1.43. The van der Waals surface area contributed by atoms with Crippen molar-refractivity contribution in [2.45, 2.75) is 71.1 Å². The summed E-state index contributed by atoms with van der Waals surface area (Å²) in [6.45, 7) is 19.6. The first-order valence-electron chi connectivity index (χ1n) is 10.0. The highest BCUT2D eigenvalue weighted by molar-refractivity contribution is 4.92. The summed E-state index contributed by atoms with van der Waals surface area (Å²) >= 11 is 0. The van der Waals surface area contributed by atoms with Gasteiger partial charge in [-0.25, -0.2) is 0 Å². The molecule has 0 aromatic heterocycles. The van der Waals surface area contributed by atoms with E-state index in [1.165, 1.54) is 71.6 Å². The Kier molecular flexibility index (Phi) is 6.00. The van der Waals surface area contributed by atoms with E-state index < -0.39 is 0 Å². The maximum atomic E-state index is 2.79. The molecule has 0 N–H and O–H groups in total. The summed E-state index contributed by atoms with van der Waals surface area (Å²) in [6.07, 6.45) is 4.27. The SMILES string of the molecule is CC(C)N1CCN(C2CCC(N3CCN(C(C)C)CC3)C2)CC1. The summed E-state index contributed by atoms with van der Waals surface area (Å²) in [6, 6.07) is 3.14. The highest BCUT2D eigenvalue weighted by atomic mass is 15.3. The van der Waals surface area contributed by atoms with Crippen molar-refractivity contribution in [2.24, 2.45) is 0 Å². The van der Waals surface area contributed by atoms with Crippen LogP contribution in [0.5, 0.6) is 0 Å². The number of nitrogens with zero attached hydrogens (tertiary/aromatic N) is 4. The zero-order chi connectivity index (χ0) is 16.4. The summed E-state index contributed by atoms with van der Waals surface area (Å²) in [5.74, 6) is 0. The smallest absolute Gasteiger partial charge is 0.0113 e. The molecule has 0 spiro atoms. The molecule has 0 bridgehead atoms. The molecule has 2 saturated heterocycles. The van der Waals surface area contributed by atoms with Gasteiger partial charge >= 0.3 is 0 Å². The second-order valence-electron chi connectivity index (χ2n) is 8.45. The second-order valence-corrected chi connectivity index (χ2v) is 8.45. The molecule has 23 heavy (non-hydrogen) atoms. The fourth-order valence-electron chi connectivity index (χ4n) is 4.84. The van der Waals surface area contributed by atoms with Crippen molar-refractivity contribution in [2.75, 3.05) is 52.4 Å². The van der Waals surface area contributed by atoms with Crippen LogP contribution >= 0.6 is 0 Å². The first-order valence-corrected chi connectivity index (χ1v) is 10.0. The zero-order valence-electron chi connectivity index (χ0n) is 15.9. The van der Waals surface area contributed by atoms with E-state index in [1.807, 2.05) is 0 Å². The number of hydrogen-bond donors (Lipinski definition) is 0. The van der Waals surface area contributed by atoms with Gasteiger partial charge in [0.1, 0.15) is 0 Å². The standard InChI is InChI=1S/C19H38N4/c1-16(2)20-7-11-22(12-8-20)18-5-6-19(15-18)23-13-9-21(10-14-23)17(3)4/h16-19H,5-15H2,1-4H3. The Morgan fingerprint density at radius 1 is 0.565 bits per heavy atom. The molecule has 2 unspecified atom stereocenters. The maximum Gasteiger partial charge on any atom is 0.0113 e. The number of hydrogen-bond acceptors (Lipinski definition) is 4. The largest absolute Gasteiger partial charge is 0.298 e. The van der Waals surface area contributed by atoms with Gasteiger partial charge in [0.15, 0.2) is 0 Å². The Hall–Kier alpha value is -0.160. The van der Waals surface area contributed by atoms with Crippen molar-refractivity contribution >= 4 is 0 Å². The van der Waals surface area contributed by atoms with Crippen molar-refractivity contribution in [3.8, 4) is 0 Å². The molecular weight excluding hydrogens is 284 g/mol. The van der Waals surface area contributed by atoms with Gasteiger partial charge in [-0.3, -0.25) is 19.6 Å². The van der Waals surface area contributed by atoms with Crippen LogP contribution in [0.4, 0.5) is 0 Å². The molecule has 4 nitrogen and oxygen atoms in total. The average molecular weight is 323 g/mol. The van der Waals surface area contributed by atoms with Gasteiger partial charge in [-0.05, 0) is 47.0 Å². The Morgan fingerprint density at radius 2 is 0.913 bits per heavy atom. The minimum Gasteiger partial charge on any atom is -0.298 e. The van der Waals surface area contributed by atoms with Crippen molar-refractivity contribution in [1.82, 2.24) is 19.6 Å². The van der Waals surface area contributed by atoms with Crippen molar-refractivity contribution in [3.05, 3.63) is 0 Å². The zero-order valence-corrected chi connectivity index (χ0v) is 15.9. The van der Waals surface area contributed by atoms with Gasteiger partial charge in [0.2, 0.25) is 0 Å². The van der Waals surface area contributed by atoms with Gasteiger partial charge in [-0.1, -0.05) is 0 Å². The summed E-state index contributed by atoms with van der Waals surface area (Å²) < 4.78 is 0. The minimum absolute atomic E-state index is 0.714. The van der Waals surface area contributed by atoms with E-state index in [-0.39, 0.29) is 0 Å². The summed E-state index contributed by atoms with van der Waals surface area (Å²) in [4.78, 5) is 10.9. The molecule has 0 amide bonds. The molecule has 3 aliphatic rings. The summed E-state index contributed by atoms with van der Waals surface area (Å²) in [5.41, 5.74) is 0. The van der Waals surface area contributed by atoms with Crippen LogP contribution in [0.25, 0.3) is 0 Å². The monoisotopic (exact) mass is 322 g/mol. The highest BCUT2D eigenvalue weighted by Gasteiger charge is 2.35. The number of rotatable bonds is 4. The number of piperazine rings is 2. The van der Waals surface area contributed by atoms with Crippen LogP contribution in [0.1, 0.15) is 47.0 Å². The van der Waals surface area contributed by atoms with E-state index in [9.17, 15) is 0 Å². The third kappa shape index (κ3) is 4.28. The van der Waals surface area contributed by atoms with Gasteiger partial charge in [-0.2, -0.15) is 0 Å². The van der Waals surface area contributed by atoms with Crippen LogP contribution in [0.2, 0.25) is 0 Å². The first kappa shape index (κ1) is 17.7. The molecule has 0 radical (unpaired) electrons. The van der Waals surface area contributed by atoms with Crippen LogP contribution in [0, 0.1) is 0 Å². The van der Waals surface area contributed by atoms with Gasteiger partial charge in [0, 0.05) is 76.5 Å². The Labute approximate surface area is 143 Å². The van der Waals surface area contributed by atoms with Crippen LogP contribution in [-0.4, -0.2) is 96.1 Å². The van der Waals surface area contributed by atoms with Crippen molar-refractivity contribution in [3.63, 3.8) is 0 Å². The molecule has 0 aromatic rings. The molecular formula is C19H38N4. The normalized spacial score (nSPS) is 33.1. The topological polar surface area (TPSA) is 13.0 Å². The Bertz CT molecular complexity index is 320. The van der Waals surface area contributed by atoms with Crippen LogP contribution in [0.3, 0.4) is 0 Å². The van der Waals surface area contributed by atoms with Gasteiger partial charge in [0.05, 0.1) is 0 Å². The summed E-state index contributed by atoms with van der Waals surface area (Å²) in [5, 5.41) is 0. The average Bonchev–Trinajstić information content (AvgIpc) is 3.05. The van der Waals surface area contributed by atoms with Crippen LogP contribution < -0.4 is 0 Å². The lowest BCUT2D eigenvalue weighted by molar-refractivity contribution is 0.0629. The van der Waals surface area contributed by atoms with E-state index in [1.54, 1.807) is 0 Å². The second kappa shape index (κ2) is 7.81. The highest BCUT2D eigenvalue weighted by Crippen LogP contribution is 2.29.